The summed E-state index contributed by atoms with van der Waals surface area (Å²) in [4.78, 5) is 11.9. The van der Waals surface area contributed by atoms with Crippen LogP contribution >= 0.6 is 11.9 Å². The highest BCUT2D eigenvalue weighted by Gasteiger charge is 2.24. The standard InChI is InChI=1S/C22H28N6OS/c1-5-30-27-17-8-6-16(7-9-17)20-23-21-19(15(4)25-26-21)22(24-20)29-18-10-12-28(13-11-18)14(2)3/h5-9,14,18,27H,1,10-13H2,2-4H3,(H,23,24,25,26). The average molecular weight is 425 g/mol. The van der Waals surface area contributed by atoms with Crippen LogP contribution in [-0.2, 0) is 0 Å². The second-order valence-electron chi connectivity index (χ2n) is 7.81. The normalized spacial score (nSPS) is 15.6. The fourth-order valence-electron chi connectivity index (χ4n) is 3.71. The minimum absolute atomic E-state index is 0.155. The Morgan fingerprint density at radius 2 is 1.97 bits per heavy atom. The van der Waals surface area contributed by atoms with Gasteiger partial charge in [0.15, 0.2) is 11.5 Å². The molecule has 4 rings (SSSR count). The Morgan fingerprint density at radius 1 is 1.23 bits per heavy atom. The zero-order valence-electron chi connectivity index (χ0n) is 17.7. The highest BCUT2D eigenvalue weighted by atomic mass is 32.2. The Morgan fingerprint density at radius 3 is 2.63 bits per heavy atom. The van der Waals surface area contributed by atoms with E-state index in [9.17, 15) is 0 Å². The predicted molar refractivity (Wildman–Crippen MR) is 124 cm³/mol. The molecule has 1 fully saturated rings. The molecule has 0 aliphatic carbocycles. The topological polar surface area (TPSA) is 79.0 Å². The molecule has 30 heavy (non-hydrogen) atoms. The molecule has 1 aliphatic heterocycles. The number of hydrogen-bond donors (Lipinski definition) is 2. The van der Waals surface area contributed by atoms with Gasteiger partial charge in [0, 0.05) is 36.1 Å². The van der Waals surface area contributed by atoms with Crippen LogP contribution in [0, 0.1) is 6.92 Å². The van der Waals surface area contributed by atoms with E-state index in [1.807, 2.05) is 31.2 Å². The van der Waals surface area contributed by atoms with E-state index in [0.717, 1.165) is 48.3 Å². The van der Waals surface area contributed by atoms with Crippen molar-refractivity contribution in [2.75, 3.05) is 17.8 Å². The van der Waals surface area contributed by atoms with Gasteiger partial charge in [-0.05, 0) is 75.2 Å². The summed E-state index contributed by atoms with van der Waals surface area (Å²) in [7, 11) is 0. The van der Waals surface area contributed by atoms with Crippen LogP contribution in [0.25, 0.3) is 22.4 Å². The lowest BCUT2D eigenvalue weighted by atomic mass is 10.1. The fraction of sp³-hybridized carbons (Fsp3) is 0.409. The lowest BCUT2D eigenvalue weighted by molar-refractivity contribution is 0.0824. The Bertz CT molecular complexity index is 1010. The van der Waals surface area contributed by atoms with Crippen LogP contribution < -0.4 is 9.46 Å². The van der Waals surface area contributed by atoms with Gasteiger partial charge in [-0.1, -0.05) is 6.58 Å². The summed E-state index contributed by atoms with van der Waals surface area (Å²) in [6.07, 6.45) is 2.15. The minimum atomic E-state index is 0.155. The Hall–Kier alpha value is -2.58. The zero-order chi connectivity index (χ0) is 21.1. The summed E-state index contributed by atoms with van der Waals surface area (Å²) in [6, 6.07) is 8.56. The summed E-state index contributed by atoms with van der Waals surface area (Å²) in [5.41, 5.74) is 3.48. The summed E-state index contributed by atoms with van der Waals surface area (Å²) in [5, 5.41) is 10.0. The number of aryl methyl sites for hydroxylation is 1. The van der Waals surface area contributed by atoms with Gasteiger partial charge in [0.2, 0.25) is 5.88 Å². The quantitative estimate of drug-likeness (QED) is 0.528. The molecule has 158 valence electrons. The van der Waals surface area contributed by atoms with E-state index in [0.29, 0.717) is 23.4 Å². The lowest BCUT2D eigenvalue weighted by Gasteiger charge is -2.34. The van der Waals surface area contributed by atoms with Gasteiger partial charge in [0.05, 0.1) is 0 Å². The maximum absolute atomic E-state index is 6.41. The predicted octanol–water partition coefficient (Wildman–Crippen LogP) is 4.78. The number of rotatable bonds is 7. The molecular weight excluding hydrogens is 396 g/mol. The maximum Gasteiger partial charge on any atom is 0.228 e. The number of nitrogens with zero attached hydrogens (tertiary/aromatic N) is 4. The second kappa shape index (κ2) is 9.06. The molecule has 2 N–H and O–H groups in total. The van der Waals surface area contributed by atoms with Gasteiger partial charge in [0.1, 0.15) is 11.5 Å². The van der Waals surface area contributed by atoms with E-state index in [1.165, 1.54) is 11.9 Å². The van der Waals surface area contributed by atoms with Gasteiger partial charge < -0.3 is 14.4 Å². The average Bonchev–Trinajstić information content (AvgIpc) is 3.14. The third-order valence-corrected chi connectivity index (χ3v) is 5.97. The number of aromatic nitrogens is 4. The molecular formula is C22H28N6OS. The SMILES string of the molecule is C=CSNc1ccc(-c2nc(OC3CCN(C(C)C)CC3)c3c(C)[nH]nc3n2)cc1. The van der Waals surface area contributed by atoms with Crippen molar-refractivity contribution in [1.82, 2.24) is 25.1 Å². The number of aromatic amines is 1. The molecule has 0 bridgehead atoms. The van der Waals surface area contributed by atoms with E-state index in [-0.39, 0.29) is 6.10 Å². The molecule has 1 aliphatic rings. The molecule has 2 aromatic heterocycles. The van der Waals surface area contributed by atoms with Gasteiger partial charge in [-0.2, -0.15) is 10.1 Å². The van der Waals surface area contributed by atoms with Crippen LogP contribution in [0.5, 0.6) is 5.88 Å². The van der Waals surface area contributed by atoms with Crippen molar-refractivity contribution in [2.45, 2.75) is 45.8 Å². The molecule has 3 aromatic rings. The van der Waals surface area contributed by atoms with Gasteiger partial charge in [0.25, 0.3) is 0 Å². The van der Waals surface area contributed by atoms with Crippen molar-refractivity contribution in [3.63, 3.8) is 0 Å². The molecule has 8 heteroatoms. The zero-order valence-corrected chi connectivity index (χ0v) is 18.5. The van der Waals surface area contributed by atoms with Crippen LogP contribution in [-0.4, -0.2) is 50.3 Å². The summed E-state index contributed by atoms with van der Waals surface area (Å²) < 4.78 is 9.60. The third kappa shape index (κ3) is 4.44. The van der Waals surface area contributed by atoms with E-state index in [2.05, 4.69) is 45.2 Å². The Balaban J connectivity index is 1.60. The number of benzene rings is 1. The summed E-state index contributed by atoms with van der Waals surface area (Å²) >= 11 is 1.44. The monoisotopic (exact) mass is 424 g/mol. The number of likely N-dealkylation sites (tertiary alicyclic amines) is 1. The van der Waals surface area contributed by atoms with E-state index in [4.69, 9.17) is 9.72 Å². The molecule has 0 unspecified atom stereocenters. The molecule has 0 saturated carbocycles. The molecule has 0 spiro atoms. The highest BCUT2D eigenvalue weighted by molar-refractivity contribution is 8.03. The largest absolute Gasteiger partial charge is 0.474 e. The molecule has 7 nitrogen and oxygen atoms in total. The van der Waals surface area contributed by atoms with Crippen molar-refractivity contribution in [3.05, 3.63) is 41.9 Å². The molecule has 0 atom stereocenters. The molecule has 3 heterocycles. The Labute approximate surface area is 181 Å². The number of anilines is 1. The first-order chi connectivity index (χ1) is 14.5. The first-order valence-corrected chi connectivity index (χ1v) is 11.2. The smallest absolute Gasteiger partial charge is 0.228 e. The first-order valence-electron chi connectivity index (χ1n) is 10.3. The van der Waals surface area contributed by atoms with Crippen molar-refractivity contribution in [2.24, 2.45) is 0 Å². The molecule has 0 amide bonds. The van der Waals surface area contributed by atoms with E-state index in [1.54, 1.807) is 5.41 Å². The van der Waals surface area contributed by atoms with Crippen LogP contribution in [0.2, 0.25) is 0 Å². The van der Waals surface area contributed by atoms with Crippen molar-refractivity contribution in [3.8, 4) is 17.3 Å². The second-order valence-corrected chi connectivity index (χ2v) is 8.58. The number of piperidine rings is 1. The van der Waals surface area contributed by atoms with Crippen molar-refractivity contribution < 1.29 is 4.74 Å². The number of nitrogens with one attached hydrogen (secondary N) is 2. The molecule has 1 saturated heterocycles. The van der Waals surface area contributed by atoms with Crippen molar-refractivity contribution >= 4 is 28.7 Å². The fourth-order valence-corrected chi connectivity index (χ4v) is 4.07. The number of H-pyrrole nitrogens is 1. The summed E-state index contributed by atoms with van der Waals surface area (Å²) in [6.45, 7) is 12.3. The van der Waals surface area contributed by atoms with E-state index >= 15 is 0 Å². The van der Waals surface area contributed by atoms with Crippen LogP contribution in [0.3, 0.4) is 0 Å². The number of ether oxygens (including phenoxy) is 1. The molecule has 0 radical (unpaired) electrons. The minimum Gasteiger partial charge on any atom is -0.474 e. The van der Waals surface area contributed by atoms with Crippen LogP contribution in [0.1, 0.15) is 32.4 Å². The number of fused-ring (bicyclic) bond motifs is 1. The lowest BCUT2D eigenvalue weighted by Crippen LogP contribution is -2.41. The van der Waals surface area contributed by atoms with E-state index < -0.39 is 0 Å². The summed E-state index contributed by atoms with van der Waals surface area (Å²) in [5.74, 6) is 1.24. The Kier molecular flexibility index (Phi) is 6.24. The third-order valence-electron chi connectivity index (χ3n) is 5.45. The van der Waals surface area contributed by atoms with Crippen LogP contribution in [0.15, 0.2) is 36.3 Å². The van der Waals surface area contributed by atoms with Crippen molar-refractivity contribution in [1.29, 1.82) is 0 Å². The number of hydrogen-bond acceptors (Lipinski definition) is 7. The maximum atomic E-state index is 6.41. The van der Waals surface area contributed by atoms with Gasteiger partial charge in [-0.15, -0.1) is 0 Å². The first kappa shape index (κ1) is 20.7. The molecule has 1 aromatic carbocycles. The van der Waals surface area contributed by atoms with Crippen LogP contribution in [0.4, 0.5) is 5.69 Å². The van der Waals surface area contributed by atoms with Gasteiger partial charge in [-0.3, -0.25) is 5.10 Å². The van der Waals surface area contributed by atoms with Gasteiger partial charge >= 0.3 is 0 Å². The highest BCUT2D eigenvalue weighted by Crippen LogP contribution is 2.30. The van der Waals surface area contributed by atoms with Gasteiger partial charge in [-0.25, -0.2) is 4.98 Å².